The van der Waals surface area contributed by atoms with Gasteiger partial charge in [0.2, 0.25) is 0 Å². The lowest BCUT2D eigenvalue weighted by Crippen LogP contribution is -2.46. The fraction of sp³-hybridized carbons (Fsp3) is 1.00. The summed E-state index contributed by atoms with van der Waals surface area (Å²) < 4.78 is 29.0. The number of nitrogens with zero attached hydrogens (tertiary/aromatic N) is 2. The zero-order valence-corrected chi connectivity index (χ0v) is 14.4. The molecule has 2 atom stereocenters. The molecule has 2 aliphatic heterocycles. The third kappa shape index (κ3) is 5.51. The molecule has 2 saturated heterocycles. The van der Waals surface area contributed by atoms with E-state index in [-0.39, 0.29) is 0 Å². The molecule has 0 bridgehead atoms. The second-order valence-electron chi connectivity index (χ2n) is 6.92. The molecule has 0 spiro atoms. The molecule has 0 radical (unpaired) electrons. The van der Waals surface area contributed by atoms with Gasteiger partial charge >= 0.3 is 0 Å². The van der Waals surface area contributed by atoms with Crippen molar-refractivity contribution < 1.29 is 8.42 Å². The first-order chi connectivity index (χ1) is 9.97. The van der Waals surface area contributed by atoms with E-state index < -0.39 is 10.2 Å². The summed E-state index contributed by atoms with van der Waals surface area (Å²) in [5.41, 5.74) is 0. The predicted molar refractivity (Wildman–Crippen MR) is 86.3 cm³/mol. The zero-order valence-electron chi connectivity index (χ0n) is 13.6. The summed E-state index contributed by atoms with van der Waals surface area (Å²) in [6, 6.07) is 0. The summed E-state index contributed by atoms with van der Waals surface area (Å²) in [5, 5.41) is 0. The van der Waals surface area contributed by atoms with Crippen LogP contribution in [-0.4, -0.2) is 56.9 Å². The fourth-order valence-electron chi connectivity index (χ4n) is 3.68. The molecule has 124 valence electrons. The van der Waals surface area contributed by atoms with Gasteiger partial charge in [-0.05, 0) is 31.1 Å². The van der Waals surface area contributed by atoms with E-state index in [4.69, 9.17) is 0 Å². The molecule has 5 nitrogen and oxygen atoms in total. The van der Waals surface area contributed by atoms with E-state index >= 15 is 0 Å². The monoisotopic (exact) mass is 317 g/mol. The third-order valence-corrected chi connectivity index (χ3v) is 6.18. The first-order valence-corrected chi connectivity index (χ1v) is 9.88. The number of nitrogens with one attached hydrogen (secondary N) is 1. The lowest BCUT2D eigenvalue weighted by atomic mass is 9.92. The summed E-state index contributed by atoms with van der Waals surface area (Å²) in [7, 11) is -3.28. The van der Waals surface area contributed by atoms with E-state index in [9.17, 15) is 8.42 Å². The van der Waals surface area contributed by atoms with Crippen LogP contribution >= 0.6 is 0 Å². The summed E-state index contributed by atoms with van der Waals surface area (Å²) in [6.07, 6.45) is 5.56. The van der Waals surface area contributed by atoms with E-state index in [0.29, 0.717) is 19.6 Å². The molecule has 0 aliphatic carbocycles. The maximum absolute atomic E-state index is 12.3. The Bertz CT molecular complexity index is 395. The molecule has 0 unspecified atom stereocenters. The van der Waals surface area contributed by atoms with Crippen LogP contribution in [0.25, 0.3) is 0 Å². The Balaban J connectivity index is 1.76. The van der Waals surface area contributed by atoms with Crippen molar-refractivity contribution in [2.24, 2.45) is 11.8 Å². The minimum Gasteiger partial charge on any atom is -0.302 e. The molecular formula is C15H31N3O2S. The Morgan fingerprint density at radius 1 is 1.00 bits per heavy atom. The van der Waals surface area contributed by atoms with E-state index in [1.54, 1.807) is 4.31 Å². The largest absolute Gasteiger partial charge is 0.302 e. The van der Waals surface area contributed by atoms with Crippen molar-refractivity contribution in [1.82, 2.24) is 13.9 Å². The molecule has 0 aromatic rings. The van der Waals surface area contributed by atoms with Crippen LogP contribution in [-0.2, 0) is 10.2 Å². The molecule has 2 aliphatic rings. The van der Waals surface area contributed by atoms with Crippen molar-refractivity contribution in [2.45, 2.75) is 46.0 Å². The SMILES string of the molecule is C[C@@H]1C[C@H](C)CN(CCNS(=O)(=O)N2CCCCCC2)C1. The van der Waals surface area contributed by atoms with Crippen LogP contribution in [0, 0.1) is 11.8 Å². The van der Waals surface area contributed by atoms with Crippen molar-refractivity contribution in [1.29, 1.82) is 0 Å². The molecule has 6 heteroatoms. The van der Waals surface area contributed by atoms with Crippen LogP contribution < -0.4 is 4.72 Å². The van der Waals surface area contributed by atoms with Crippen LogP contribution in [0.3, 0.4) is 0 Å². The Morgan fingerprint density at radius 3 is 2.14 bits per heavy atom. The number of likely N-dealkylation sites (tertiary alicyclic amines) is 1. The fourth-order valence-corrected chi connectivity index (χ4v) is 4.95. The number of rotatable bonds is 5. The topological polar surface area (TPSA) is 52.7 Å². The second-order valence-corrected chi connectivity index (χ2v) is 8.67. The maximum Gasteiger partial charge on any atom is 0.279 e. The van der Waals surface area contributed by atoms with Gasteiger partial charge in [-0.2, -0.15) is 12.7 Å². The highest BCUT2D eigenvalue weighted by atomic mass is 32.2. The van der Waals surface area contributed by atoms with Crippen molar-refractivity contribution in [3.63, 3.8) is 0 Å². The Morgan fingerprint density at radius 2 is 1.57 bits per heavy atom. The maximum atomic E-state index is 12.3. The summed E-state index contributed by atoms with van der Waals surface area (Å²) in [4.78, 5) is 2.39. The van der Waals surface area contributed by atoms with Gasteiger partial charge in [0.25, 0.3) is 10.2 Å². The average Bonchev–Trinajstić information content (AvgIpc) is 2.66. The average molecular weight is 317 g/mol. The molecule has 2 rings (SSSR count). The zero-order chi connectivity index (χ0) is 15.3. The van der Waals surface area contributed by atoms with Gasteiger partial charge in [-0.3, -0.25) is 0 Å². The Hall–Kier alpha value is -0.170. The van der Waals surface area contributed by atoms with Gasteiger partial charge < -0.3 is 4.90 Å². The van der Waals surface area contributed by atoms with Crippen molar-refractivity contribution in [3.8, 4) is 0 Å². The van der Waals surface area contributed by atoms with Gasteiger partial charge in [0, 0.05) is 39.3 Å². The Labute approximate surface area is 130 Å². The molecule has 0 aromatic heterocycles. The van der Waals surface area contributed by atoms with Crippen LogP contribution in [0.2, 0.25) is 0 Å². The molecule has 0 amide bonds. The highest BCUT2D eigenvalue weighted by Crippen LogP contribution is 2.20. The van der Waals surface area contributed by atoms with E-state index in [1.165, 1.54) is 6.42 Å². The third-order valence-electron chi connectivity index (χ3n) is 4.56. The summed E-state index contributed by atoms with van der Waals surface area (Å²) in [5.74, 6) is 1.44. The quantitative estimate of drug-likeness (QED) is 0.839. The highest BCUT2D eigenvalue weighted by molar-refractivity contribution is 7.87. The van der Waals surface area contributed by atoms with Crippen LogP contribution in [0.1, 0.15) is 46.0 Å². The van der Waals surface area contributed by atoms with E-state index in [1.807, 2.05) is 0 Å². The lowest BCUT2D eigenvalue weighted by Gasteiger charge is -2.35. The lowest BCUT2D eigenvalue weighted by molar-refractivity contribution is 0.143. The van der Waals surface area contributed by atoms with Gasteiger partial charge in [0.05, 0.1) is 0 Å². The molecule has 2 heterocycles. The normalized spacial score (nSPS) is 30.2. The van der Waals surface area contributed by atoms with Crippen molar-refractivity contribution in [3.05, 3.63) is 0 Å². The highest BCUT2D eigenvalue weighted by Gasteiger charge is 2.24. The molecular weight excluding hydrogens is 286 g/mol. The predicted octanol–water partition coefficient (Wildman–Crippen LogP) is 1.67. The second kappa shape index (κ2) is 7.90. The standard InChI is InChI=1S/C15H31N3O2S/c1-14-11-15(2)13-17(12-14)10-7-16-21(19,20)18-8-5-3-4-6-9-18/h14-16H,3-13H2,1-2H3/t14-,15+. The van der Waals surface area contributed by atoms with Crippen LogP contribution in [0.4, 0.5) is 0 Å². The van der Waals surface area contributed by atoms with Crippen LogP contribution in [0.5, 0.6) is 0 Å². The molecule has 2 fully saturated rings. The number of hydrogen-bond acceptors (Lipinski definition) is 3. The number of hydrogen-bond donors (Lipinski definition) is 1. The number of piperidine rings is 1. The molecule has 0 aromatic carbocycles. The minimum atomic E-state index is -3.28. The molecule has 1 N–H and O–H groups in total. The first-order valence-electron chi connectivity index (χ1n) is 8.44. The van der Waals surface area contributed by atoms with Gasteiger partial charge in [0.15, 0.2) is 0 Å². The van der Waals surface area contributed by atoms with Gasteiger partial charge in [-0.15, -0.1) is 0 Å². The van der Waals surface area contributed by atoms with Gasteiger partial charge in [0.1, 0.15) is 0 Å². The van der Waals surface area contributed by atoms with Crippen molar-refractivity contribution in [2.75, 3.05) is 39.3 Å². The van der Waals surface area contributed by atoms with Gasteiger partial charge in [-0.1, -0.05) is 26.7 Å². The minimum absolute atomic E-state index is 0.526. The summed E-state index contributed by atoms with van der Waals surface area (Å²) in [6.45, 7) is 9.44. The van der Waals surface area contributed by atoms with Gasteiger partial charge in [-0.25, -0.2) is 4.72 Å². The molecule has 0 saturated carbocycles. The van der Waals surface area contributed by atoms with E-state index in [0.717, 1.165) is 57.2 Å². The first kappa shape index (κ1) is 17.2. The Kier molecular flexibility index (Phi) is 6.47. The van der Waals surface area contributed by atoms with Crippen LogP contribution in [0.15, 0.2) is 0 Å². The summed E-state index contributed by atoms with van der Waals surface area (Å²) >= 11 is 0. The smallest absolute Gasteiger partial charge is 0.279 e. The van der Waals surface area contributed by atoms with E-state index in [2.05, 4.69) is 23.5 Å². The van der Waals surface area contributed by atoms with Crippen molar-refractivity contribution >= 4 is 10.2 Å². The molecule has 21 heavy (non-hydrogen) atoms.